The molecule has 1 aliphatic rings. The van der Waals surface area contributed by atoms with Gasteiger partial charge < -0.3 is 9.63 Å². The third-order valence-corrected chi connectivity index (χ3v) is 4.28. The van der Waals surface area contributed by atoms with Gasteiger partial charge in [0, 0.05) is 25.6 Å². The quantitative estimate of drug-likeness (QED) is 0.778. The molecule has 1 fully saturated rings. The van der Waals surface area contributed by atoms with Crippen molar-refractivity contribution in [1.82, 2.24) is 19.9 Å². The van der Waals surface area contributed by atoms with Crippen LogP contribution in [0, 0.1) is 5.92 Å². The van der Waals surface area contributed by atoms with Crippen LogP contribution in [-0.2, 0) is 17.8 Å². The van der Waals surface area contributed by atoms with Gasteiger partial charge in [-0.15, -0.1) is 0 Å². The third kappa shape index (κ3) is 5.58. The molecule has 0 unspecified atom stereocenters. The summed E-state index contributed by atoms with van der Waals surface area (Å²) in [5, 5.41) is 13.0. The van der Waals surface area contributed by atoms with E-state index in [0.29, 0.717) is 24.4 Å². The van der Waals surface area contributed by atoms with Crippen LogP contribution in [-0.4, -0.2) is 63.2 Å². The van der Waals surface area contributed by atoms with E-state index < -0.39 is 5.97 Å². The van der Waals surface area contributed by atoms with Crippen LogP contribution in [0.2, 0.25) is 0 Å². The van der Waals surface area contributed by atoms with Crippen LogP contribution in [0.4, 0.5) is 0 Å². The molecule has 2 heterocycles. The summed E-state index contributed by atoms with van der Waals surface area (Å²) in [5.41, 5.74) is 0. The number of hydrogen-bond acceptors (Lipinski definition) is 6. The number of rotatable bonds is 8. The van der Waals surface area contributed by atoms with Gasteiger partial charge in [0.05, 0.1) is 13.1 Å². The molecular weight excluding hydrogens is 296 g/mol. The van der Waals surface area contributed by atoms with E-state index in [2.05, 4.69) is 28.9 Å². The van der Waals surface area contributed by atoms with Crippen LogP contribution in [0.1, 0.15) is 45.3 Å². The Bertz CT molecular complexity index is 495. The first-order valence-corrected chi connectivity index (χ1v) is 8.47. The zero-order chi connectivity index (χ0) is 16.8. The van der Waals surface area contributed by atoms with Crippen molar-refractivity contribution in [1.29, 1.82) is 0 Å². The summed E-state index contributed by atoms with van der Waals surface area (Å²) in [7, 11) is 0. The number of hydrogen-bond donors (Lipinski definition) is 1. The Labute approximate surface area is 137 Å². The third-order valence-electron chi connectivity index (χ3n) is 4.28. The molecule has 130 valence electrons. The summed E-state index contributed by atoms with van der Waals surface area (Å²) in [6.45, 7) is 9.75. The number of piperidine rings is 1. The minimum absolute atomic E-state index is 0.128. The van der Waals surface area contributed by atoms with E-state index in [1.165, 1.54) is 0 Å². The van der Waals surface area contributed by atoms with E-state index in [0.717, 1.165) is 44.7 Å². The average Bonchev–Trinajstić information content (AvgIpc) is 2.91. The van der Waals surface area contributed by atoms with Gasteiger partial charge >= 0.3 is 5.97 Å². The number of likely N-dealkylation sites (N-methyl/N-ethyl adjacent to an activating group) is 1. The van der Waals surface area contributed by atoms with Gasteiger partial charge in [0.1, 0.15) is 0 Å². The Hall–Kier alpha value is -1.47. The topological polar surface area (TPSA) is 82.7 Å². The van der Waals surface area contributed by atoms with E-state index >= 15 is 0 Å². The molecule has 0 aromatic carbocycles. The minimum atomic E-state index is -0.752. The molecule has 1 N–H and O–H groups in total. The highest BCUT2D eigenvalue weighted by molar-refractivity contribution is 5.69. The number of carbonyl (C=O) groups is 1. The van der Waals surface area contributed by atoms with Crippen molar-refractivity contribution in [2.24, 2.45) is 5.92 Å². The van der Waals surface area contributed by atoms with E-state index in [1.54, 1.807) is 0 Å². The molecule has 1 aromatic rings. The Morgan fingerprint density at radius 2 is 2.13 bits per heavy atom. The number of nitrogens with zero attached hydrogens (tertiary/aromatic N) is 4. The van der Waals surface area contributed by atoms with Gasteiger partial charge in [-0.1, -0.05) is 25.9 Å². The SMILES string of the molecule is CCN(CC(=O)O)C1CCN(Cc2nc(CC(C)C)no2)CC1. The molecule has 0 saturated carbocycles. The number of carboxylic acid groups (broad SMARTS) is 1. The summed E-state index contributed by atoms with van der Waals surface area (Å²) in [5.74, 6) is 1.23. The van der Waals surface area contributed by atoms with Gasteiger partial charge in [-0.2, -0.15) is 4.98 Å². The summed E-state index contributed by atoms with van der Waals surface area (Å²) in [6.07, 6.45) is 2.80. The second kappa shape index (κ2) is 8.40. The molecule has 7 nitrogen and oxygen atoms in total. The lowest BCUT2D eigenvalue weighted by Crippen LogP contribution is -2.46. The van der Waals surface area contributed by atoms with Crippen LogP contribution >= 0.6 is 0 Å². The number of likely N-dealkylation sites (tertiary alicyclic amines) is 1. The molecule has 0 atom stereocenters. The second-order valence-electron chi connectivity index (χ2n) is 6.67. The monoisotopic (exact) mass is 324 g/mol. The molecular formula is C16H28N4O3. The second-order valence-corrected chi connectivity index (χ2v) is 6.67. The Morgan fingerprint density at radius 3 is 2.70 bits per heavy atom. The van der Waals surface area contributed by atoms with Crippen LogP contribution in [0.3, 0.4) is 0 Å². The maximum Gasteiger partial charge on any atom is 0.317 e. The number of aromatic nitrogens is 2. The molecule has 1 aliphatic heterocycles. The molecule has 23 heavy (non-hydrogen) atoms. The molecule has 2 rings (SSSR count). The summed E-state index contributed by atoms with van der Waals surface area (Å²) < 4.78 is 5.33. The summed E-state index contributed by atoms with van der Waals surface area (Å²) >= 11 is 0. The fourth-order valence-corrected chi connectivity index (χ4v) is 3.11. The van der Waals surface area contributed by atoms with Crippen molar-refractivity contribution < 1.29 is 14.4 Å². The first-order chi connectivity index (χ1) is 11.0. The van der Waals surface area contributed by atoms with Crippen molar-refractivity contribution in [3.8, 4) is 0 Å². The predicted molar refractivity (Wildman–Crippen MR) is 86.0 cm³/mol. The Kier molecular flexibility index (Phi) is 6.53. The molecule has 1 aromatic heterocycles. The average molecular weight is 324 g/mol. The minimum Gasteiger partial charge on any atom is -0.480 e. The van der Waals surface area contributed by atoms with Crippen molar-refractivity contribution in [2.45, 2.75) is 52.6 Å². The van der Waals surface area contributed by atoms with Crippen molar-refractivity contribution in [3.63, 3.8) is 0 Å². The molecule has 0 spiro atoms. The van der Waals surface area contributed by atoms with Crippen LogP contribution in [0.25, 0.3) is 0 Å². The van der Waals surface area contributed by atoms with Crippen LogP contribution in [0.15, 0.2) is 4.52 Å². The predicted octanol–water partition coefficient (Wildman–Crippen LogP) is 1.64. The molecule has 0 radical (unpaired) electrons. The van der Waals surface area contributed by atoms with Crippen molar-refractivity contribution >= 4 is 5.97 Å². The Morgan fingerprint density at radius 1 is 1.43 bits per heavy atom. The molecule has 0 amide bonds. The standard InChI is InChI=1S/C16H28N4O3/c1-4-20(11-16(21)22)13-5-7-19(8-6-13)10-15-17-14(18-23-15)9-12(2)3/h12-13H,4-11H2,1-3H3,(H,21,22). The normalized spacial score (nSPS) is 17.3. The molecule has 7 heteroatoms. The first-order valence-electron chi connectivity index (χ1n) is 8.47. The highest BCUT2D eigenvalue weighted by Gasteiger charge is 2.25. The van der Waals surface area contributed by atoms with Gasteiger partial charge in [0.15, 0.2) is 5.82 Å². The smallest absolute Gasteiger partial charge is 0.317 e. The van der Waals surface area contributed by atoms with Gasteiger partial charge in [-0.3, -0.25) is 14.6 Å². The van der Waals surface area contributed by atoms with E-state index in [-0.39, 0.29) is 6.54 Å². The molecule has 1 saturated heterocycles. The lowest BCUT2D eigenvalue weighted by molar-refractivity contribution is -0.139. The molecule has 0 bridgehead atoms. The van der Waals surface area contributed by atoms with Crippen molar-refractivity contribution in [3.05, 3.63) is 11.7 Å². The number of aliphatic carboxylic acids is 1. The van der Waals surface area contributed by atoms with Gasteiger partial charge in [-0.05, 0) is 25.3 Å². The van der Waals surface area contributed by atoms with Gasteiger partial charge in [0.25, 0.3) is 0 Å². The maximum absolute atomic E-state index is 10.9. The zero-order valence-electron chi connectivity index (χ0n) is 14.4. The fourth-order valence-electron chi connectivity index (χ4n) is 3.11. The van der Waals surface area contributed by atoms with Crippen LogP contribution in [0.5, 0.6) is 0 Å². The lowest BCUT2D eigenvalue weighted by atomic mass is 10.0. The highest BCUT2D eigenvalue weighted by Crippen LogP contribution is 2.18. The fraction of sp³-hybridized carbons (Fsp3) is 0.812. The Balaban J connectivity index is 1.80. The molecule has 0 aliphatic carbocycles. The van der Waals surface area contributed by atoms with Crippen molar-refractivity contribution in [2.75, 3.05) is 26.2 Å². The van der Waals surface area contributed by atoms with E-state index in [9.17, 15) is 4.79 Å². The zero-order valence-corrected chi connectivity index (χ0v) is 14.4. The number of carboxylic acids is 1. The van der Waals surface area contributed by atoms with Gasteiger partial charge in [0.2, 0.25) is 5.89 Å². The van der Waals surface area contributed by atoms with Gasteiger partial charge in [-0.25, -0.2) is 0 Å². The highest BCUT2D eigenvalue weighted by atomic mass is 16.5. The summed E-state index contributed by atoms with van der Waals surface area (Å²) in [4.78, 5) is 19.7. The first kappa shape index (κ1) is 17.9. The maximum atomic E-state index is 10.9. The lowest BCUT2D eigenvalue weighted by Gasteiger charge is -2.36. The largest absolute Gasteiger partial charge is 0.480 e. The summed E-state index contributed by atoms with van der Waals surface area (Å²) in [6, 6.07) is 0.353. The van der Waals surface area contributed by atoms with E-state index in [4.69, 9.17) is 9.63 Å². The van der Waals surface area contributed by atoms with E-state index in [1.807, 2.05) is 11.8 Å². The van der Waals surface area contributed by atoms with Crippen LogP contribution < -0.4 is 0 Å².